The van der Waals surface area contributed by atoms with Crippen LogP contribution in [0.2, 0.25) is 0 Å². The highest BCUT2D eigenvalue weighted by atomic mass is 16.6. The Kier molecular flexibility index (Phi) is 6.17. The van der Waals surface area contributed by atoms with Gasteiger partial charge in [-0.3, -0.25) is 0 Å². The normalized spacial score (nSPS) is 16.5. The maximum absolute atomic E-state index is 12.1. The molecule has 1 amide bonds. The second-order valence-corrected chi connectivity index (χ2v) is 8.21. The van der Waals surface area contributed by atoms with Crippen LogP contribution in [0.3, 0.4) is 0 Å². The summed E-state index contributed by atoms with van der Waals surface area (Å²) >= 11 is 0. The Balaban J connectivity index is 1.60. The molecule has 0 aliphatic heterocycles. The van der Waals surface area contributed by atoms with Crippen LogP contribution in [-0.4, -0.2) is 11.7 Å². The van der Waals surface area contributed by atoms with Gasteiger partial charge in [-0.25, -0.2) is 4.79 Å². The molecule has 1 unspecified atom stereocenters. The topological polar surface area (TPSA) is 50.4 Å². The fourth-order valence-electron chi connectivity index (χ4n) is 3.52. The first-order valence-electron chi connectivity index (χ1n) is 9.76. The molecule has 27 heavy (non-hydrogen) atoms. The van der Waals surface area contributed by atoms with E-state index in [0.717, 1.165) is 32.4 Å². The Hall–Kier alpha value is -2.33. The standard InChI is InChI=1S/C23H30N2O2/c1-23(2,3)27-22(26)25-21-11-7-10-19-14-18(12-13-20(19)21)16-24-15-17-8-5-4-6-9-17/h4-6,8-9,12-14,21,24H,7,10-11,15-16H2,1-3H3,(H,25,26). The molecule has 0 fully saturated rings. The molecule has 1 aliphatic rings. The number of rotatable bonds is 5. The average molecular weight is 367 g/mol. The number of amides is 1. The van der Waals surface area contributed by atoms with Gasteiger partial charge in [0.05, 0.1) is 6.04 Å². The lowest BCUT2D eigenvalue weighted by Crippen LogP contribution is -2.36. The smallest absolute Gasteiger partial charge is 0.408 e. The highest BCUT2D eigenvalue weighted by Crippen LogP contribution is 2.30. The van der Waals surface area contributed by atoms with Gasteiger partial charge in [0.25, 0.3) is 0 Å². The van der Waals surface area contributed by atoms with E-state index in [0.29, 0.717) is 0 Å². The Bertz CT molecular complexity index is 766. The fourth-order valence-corrected chi connectivity index (χ4v) is 3.52. The molecule has 1 atom stereocenters. The minimum Gasteiger partial charge on any atom is -0.444 e. The molecule has 0 aromatic heterocycles. The maximum atomic E-state index is 12.1. The van der Waals surface area contributed by atoms with Crippen LogP contribution in [0.4, 0.5) is 4.79 Å². The molecule has 0 radical (unpaired) electrons. The minimum absolute atomic E-state index is 0.0370. The summed E-state index contributed by atoms with van der Waals surface area (Å²) in [5, 5.41) is 6.54. The monoisotopic (exact) mass is 366 g/mol. The molecule has 0 bridgehead atoms. The largest absolute Gasteiger partial charge is 0.444 e. The van der Waals surface area contributed by atoms with Gasteiger partial charge >= 0.3 is 6.09 Å². The summed E-state index contributed by atoms with van der Waals surface area (Å²) in [7, 11) is 0. The average Bonchev–Trinajstić information content (AvgIpc) is 2.61. The van der Waals surface area contributed by atoms with E-state index < -0.39 is 5.60 Å². The van der Waals surface area contributed by atoms with Gasteiger partial charge in [0.2, 0.25) is 0 Å². The van der Waals surface area contributed by atoms with Gasteiger partial charge in [-0.1, -0.05) is 48.5 Å². The predicted molar refractivity (Wildman–Crippen MR) is 108 cm³/mol. The number of carbonyl (C=O) groups excluding carboxylic acids is 1. The zero-order valence-corrected chi connectivity index (χ0v) is 16.5. The lowest BCUT2D eigenvalue weighted by atomic mass is 9.86. The number of carbonyl (C=O) groups is 1. The summed E-state index contributed by atoms with van der Waals surface area (Å²) in [6.45, 7) is 7.36. The number of alkyl carbamates (subject to hydrolysis) is 1. The Labute approximate surface area is 162 Å². The van der Waals surface area contributed by atoms with E-state index in [-0.39, 0.29) is 12.1 Å². The zero-order chi connectivity index (χ0) is 19.3. The summed E-state index contributed by atoms with van der Waals surface area (Å²) in [6.07, 6.45) is 2.76. The molecule has 0 heterocycles. The molecule has 0 spiro atoms. The lowest BCUT2D eigenvalue weighted by Gasteiger charge is -2.28. The van der Waals surface area contributed by atoms with Gasteiger partial charge in [-0.15, -0.1) is 0 Å². The van der Waals surface area contributed by atoms with Gasteiger partial charge in [-0.05, 0) is 62.3 Å². The first kappa shape index (κ1) is 19.4. The quantitative estimate of drug-likeness (QED) is 0.793. The van der Waals surface area contributed by atoms with Crippen molar-refractivity contribution in [2.24, 2.45) is 0 Å². The van der Waals surface area contributed by atoms with Gasteiger partial charge in [0.1, 0.15) is 5.60 Å². The number of aryl methyl sites for hydroxylation is 1. The molecule has 144 valence electrons. The van der Waals surface area contributed by atoms with Crippen LogP contribution >= 0.6 is 0 Å². The summed E-state index contributed by atoms with van der Waals surface area (Å²) in [5.74, 6) is 0. The number of nitrogens with one attached hydrogen (secondary N) is 2. The molecule has 4 nitrogen and oxygen atoms in total. The van der Waals surface area contributed by atoms with Crippen molar-refractivity contribution in [2.45, 2.75) is 64.8 Å². The number of hydrogen-bond donors (Lipinski definition) is 2. The zero-order valence-electron chi connectivity index (χ0n) is 16.5. The van der Waals surface area contributed by atoms with Crippen molar-refractivity contribution in [1.82, 2.24) is 10.6 Å². The van der Waals surface area contributed by atoms with Crippen molar-refractivity contribution in [3.05, 3.63) is 70.8 Å². The van der Waals surface area contributed by atoms with E-state index in [4.69, 9.17) is 4.74 Å². The first-order valence-corrected chi connectivity index (χ1v) is 9.76. The molecular weight excluding hydrogens is 336 g/mol. The summed E-state index contributed by atoms with van der Waals surface area (Å²) < 4.78 is 5.41. The van der Waals surface area contributed by atoms with E-state index in [1.807, 2.05) is 26.8 Å². The third-order valence-corrected chi connectivity index (χ3v) is 4.71. The van der Waals surface area contributed by atoms with Crippen LogP contribution in [0.15, 0.2) is 48.5 Å². The Morgan fingerprint density at radius 1 is 1.07 bits per heavy atom. The SMILES string of the molecule is CC(C)(C)OC(=O)NC1CCCc2cc(CNCc3ccccc3)ccc21. The molecule has 0 saturated heterocycles. The molecule has 1 aliphatic carbocycles. The van der Waals surface area contributed by atoms with E-state index in [2.05, 4.69) is 53.1 Å². The number of fused-ring (bicyclic) bond motifs is 1. The van der Waals surface area contributed by atoms with E-state index in [9.17, 15) is 4.79 Å². The van der Waals surface area contributed by atoms with E-state index in [1.54, 1.807) is 0 Å². The third kappa shape index (κ3) is 5.83. The van der Waals surface area contributed by atoms with Gasteiger partial charge < -0.3 is 15.4 Å². The fraction of sp³-hybridized carbons (Fsp3) is 0.435. The number of hydrogen-bond acceptors (Lipinski definition) is 3. The van der Waals surface area contributed by atoms with Gasteiger partial charge in [-0.2, -0.15) is 0 Å². The second kappa shape index (κ2) is 8.57. The van der Waals surface area contributed by atoms with Crippen LogP contribution in [0.1, 0.15) is 61.9 Å². The molecule has 2 N–H and O–H groups in total. The van der Waals surface area contributed by atoms with Crippen molar-refractivity contribution in [1.29, 1.82) is 0 Å². The lowest BCUT2D eigenvalue weighted by molar-refractivity contribution is 0.0498. The summed E-state index contributed by atoms with van der Waals surface area (Å²) in [4.78, 5) is 12.1. The molecule has 0 saturated carbocycles. The van der Waals surface area contributed by atoms with Crippen LogP contribution in [0.25, 0.3) is 0 Å². The number of benzene rings is 2. The highest BCUT2D eigenvalue weighted by Gasteiger charge is 2.24. The Morgan fingerprint density at radius 2 is 1.81 bits per heavy atom. The van der Waals surface area contributed by atoms with Crippen molar-refractivity contribution in [3.63, 3.8) is 0 Å². The van der Waals surface area contributed by atoms with Crippen LogP contribution in [0.5, 0.6) is 0 Å². The van der Waals surface area contributed by atoms with Crippen LogP contribution < -0.4 is 10.6 Å². The van der Waals surface area contributed by atoms with E-state index in [1.165, 1.54) is 22.3 Å². The third-order valence-electron chi connectivity index (χ3n) is 4.71. The molecular formula is C23H30N2O2. The number of ether oxygens (including phenoxy) is 1. The Morgan fingerprint density at radius 3 is 2.56 bits per heavy atom. The van der Waals surface area contributed by atoms with Gasteiger partial charge in [0.15, 0.2) is 0 Å². The summed E-state index contributed by atoms with van der Waals surface area (Å²) in [5.41, 5.74) is 4.65. The molecule has 2 aromatic carbocycles. The first-order chi connectivity index (χ1) is 12.9. The van der Waals surface area contributed by atoms with Crippen molar-refractivity contribution >= 4 is 6.09 Å². The molecule has 3 rings (SSSR count). The van der Waals surface area contributed by atoms with Crippen LogP contribution in [0, 0.1) is 0 Å². The summed E-state index contributed by atoms with van der Waals surface area (Å²) in [6, 6.07) is 17.1. The second-order valence-electron chi connectivity index (χ2n) is 8.21. The molecule has 4 heteroatoms. The predicted octanol–water partition coefficient (Wildman–Crippen LogP) is 4.88. The van der Waals surface area contributed by atoms with Crippen molar-refractivity contribution in [2.75, 3.05) is 0 Å². The van der Waals surface area contributed by atoms with Crippen LogP contribution in [-0.2, 0) is 24.2 Å². The highest BCUT2D eigenvalue weighted by molar-refractivity contribution is 5.68. The minimum atomic E-state index is -0.476. The van der Waals surface area contributed by atoms with Crippen molar-refractivity contribution in [3.8, 4) is 0 Å². The molecule has 2 aromatic rings. The van der Waals surface area contributed by atoms with Gasteiger partial charge in [0, 0.05) is 13.1 Å². The van der Waals surface area contributed by atoms with E-state index >= 15 is 0 Å². The van der Waals surface area contributed by atoms with Crippen molar-refractivity contribution < 1.29 is 9.53 Å². The maximum Gasteiger partial charge on any atom is 0.408 e.